The molecule has 0 N–H and O–H groups in total. The normalized spacial score (nSPS) is 21.5. The molecule has 0 radical (unpaired) electrons. The summed E-state index contributed by atoms with van der Waals surface area (Å²) in [4.78, 5) is 2.32. The Balaban J connectivity index is 2.17. The molecule has 3 heteroatoms. The van der Waals surface area contributed by atoms with Gasteiger partial charge in [-0.15, -0.1) is 0 Å². The van der Waals surface area contributed by atoms with E-state index in [0.29, 0.717) is 0 Å². The van der Waals surface area contributed by atoms with Crippen LogP contribution in [0.3, 0.4) is 0 Å². The molecule has 0 aliphatic carbocycles. The molecule has 1 aliphatic rings. The Morgan fingerprint density at radius 3 is 2.42 bits per heavy atom. The zero-order valence-corrected chi connectivity index (χ0v) is 12.2. The number of nitriles is 1. The zero-order valence-electron chi connectivity index (χ0n) is 12.2. The van der Waals surface area contributed by atoms with Crippen molar-refractivity contribution in [1.82, 2.24) is 0 Å². The summed E-state index contributed by atoms with van der Waals surface area (Å²) < 4.78 is 5.66. The van der Waals surface area contributed by atoms with Gasteiger partial charge in [-0.3, -0.25) is 0 Å². The highest BCUT2D eigenvalue weighted by molar-refractivity contribution is 5.53. The Hall–Kier alpha value is -1.69. The first-order valence-electron chi connectivity index (χ1n) is 6.89. The maximum atomic E-state index is 9.21. The molecular weight excluding hydrogens is 236 g/mol. The lowest BCUT2D eigenvalue weighted by molar-refractivity contribution is 0.242. The average Bonchev–Trinajstić information content (AvgIpc) is 2.64. The summed E-state index contributed by atoms with van der Waals surface area (Å²) in [7, 11) is 0. The number of rotatable bonds is 3. The monoisotopic (exact) mass is 258 g/mol. The van der Waals surface area contributed by atoms with Gasteiger partial charge in [-0.2, -0.15) is 5.26 Å². The van der Waals surface area contributed by atoms with Crippen molar-refractivity contribution in [2.75, 3.05) is 11.4 Å². The van der Waals surface area contributed by atoms with E-state index in [0.717, 1.165) is 18.7 Å². The Morgan fingerprint density at radius 2 is 1.95 bits per heavy atom. The molecule has 1 aromatic carbocycles. The van der Waals surface area contributed by atoms with Gasteiger partial charge in [0.25, 0.3) is 0 Å². The average molecular weight is 258 g/mol. The van der Waals surface area contributed by atoms with Crippen LogP contribution in [0.1, 0.15) is 34.1 Å². The van der Waals surface area contributed by atoms with Crippen LogP contribution in [0.4, 0.5) is 5.69 Å². The minimum atomic E-state index is -0.102. The predicted octanol–water partition coefficient (Wildman–Crippen LogP) is 3.60. The first kappa shape index (κ1) is 13.7. The highest BCUT2D eigenvalue weighted by Crippen LogP contribution is 2.38. The lowest BCUT2D eigenvalue weighted by atomic mass is 9.89. The lowest BCUT2D eigenvalue weighted by Crippen LogP contribution is -2.42. The molecule has 1 fully saturated rings. The van der Waals surface area contributed by atoms with Crippen molar-refractivity contribution in [3.05, 3.63) is 24.3 Å². The second kappa shape index (κ2) is 5.13. The molecule has 2 rings (SSSR count). The van der Waals surface area contributed by atoms with Gasteiger partial charge < -0.3 is 9.64 Å². The Morgan fingerprint density at radius 1 is 1.32 bits per heavy atom. The Kier molecular flexibility index (Phi) is 3.71. The largest absolute Gasteiger partial charge is 0.491 e. The maximum absolute atomic E-state index is 9.21. The zero-order chi connectivity index (χ0) is 14.0. The molecular formula is C16H22N2O. The molecule has 1 saturated heterocycles. The second-order valence-electron chi connectivity index (χ2n) is 5.94. The summed E-state index contributed by atoms with van der Waals surface area (Å²) in [6.45, 7) is 9.28. The highest BCUT2D eigenvalue weighted by atomic mass is 16.5. The molecule has 0 bridgehead atoms. The van der Waals surface area contributed by atoms with E-state index in [9.17, 15) is 5.26 Å². The lowest BCUT2D eigenvalue weighted by Gasteiger charge is -2.35. The number of nitrogens with zero attached hydrogens (tertiary/aromatic N) is 2. The minimum Gasteiger partial charge on any atom is -0.491 e. The third-order valence-electron chi connectivity index (χ3n) is 3.87. The van der Waals surface area contributed by atoms with Crippen LogP contribution in [0.25, 0.3) is 0 Å². The molecule has 0 aromatic heterocycles. The second-order valence-corrected chi connectivity index (χ2v) is 5.94. The van der Waals surface area contributed by atoms with Crippen molar-refractivity contribution in [3.63, 3.8) is 0 Å². The fourth-order valence-electron chi connectivity index (χ4n) is 2.75. The molecule has 102 valence electrons. The summed E-state index contributed by atoms with van der Waals surface area (Å²) in [5.41, 5.74) is 1.06. The van der Waals surface area contributed by atoms with E-state index >= 15 is 0 Å². The fraction of sp³-hybridized carbons (Fsp3) is 0.562. The molecule has 1 heterocycles. The molecule has 3 nitrogen and oxygen atoms in total. The molecule has 1 aromatic rings. The van der Waals surface area contributed by atoms with E-state index in [2.05, 4.69) is 36.9 Å². The first-order chi connectivity index (χ1) is 8.95. The summed E-state index contributed by atoms with van der Waals surface area (Å²) in [6.07, 6.45) is 1.13. The van der Waals surface area contributed by atoms with Crippen LogP contribution in [0.15, 0.2) is 24.3 Å². The van der Waals surface area contributed by atoms with Crippen molar-refractivity contribution in [1.29, 1.82) is 5.26 Å². The van der Waals surface area contributed by atoms with Gasteiger partial charge in [-0.05, 0) is 58.4 Å². The first-order valence-corrected chi connectivity index (χ1v) is 6.89. The van der Waals surface area contributed by atoms with Gasteiger partial charge >= 0.3 is 0 Å². The van der Waals surface area contributed by atoms with Crippen LogP contribution < -0.4 is 9.64 Å². The predicted molar refractivity (Wildman–Crippen MR) is 77.4 cm³/mol. The molecule has 1 aliphatic heterocycles. The Bertz CT molecular complexity index is 471. The third-order valence-corrected chi connectivity index (χ3v) is 3.87. The van der Waals surface area contributed by atoms with Crippen molar-refractivity contribution in [2.45, 2.75) is 45.8 Å². The van der Waals surface area contributed by atoms with Gasteiger partial charge in [0, 0.05) is 12.2 Å². The maximum Gasteiger partial charge on any atom is 0.119 e. The van der Waals surface area contributed by atoms with Gasteiger partial charge in [-0.25, -0.2) is 0 Å². The van der Waals surface area contributed by atoms with E-state index in [1.54, 1.807) is 0 Å². The third kappa shape index (κ3) is 2.68. The number of hydrogen-bond acceptors (Lipinski definition) is 3. The van der Waals surface area contributed by atoms with Crippen LogP contribution in [0.5, 0.6) is 5.75 Å². The van der Waals surface area contributed by atoms with Crippen molar-refractivity contribution < 1.29 is 4.74 Å². The number of anilines is 1. The number of ether oxygens (including phenoxy) is 1. The summed E-state index contributed by atoms with van der Waals surface area (Å²) >= 11 is 0. The van der Waals surface area contributed by atoms with Crippen molar-refractivity contribution in [3.8, 4) is 11.8 Å². The van der Waals surface area contributed by atoms with Crippen LogP contribution in [0, 0.1) is 17.2 Å². The summed E-state index contributed by atoms with van der Waals surface area (Å²) in [5, 5.41) is 9.21. The molecule has 1 unspecified atom stereocenters. The van der Waals surface area contributed by atoms with Crippen LogP contribution in [-0.2, 0) is 0 Å². The van der Waals surface area contributed by atoms with Crippen LogP contribution >= 0.6 is 0 Å². The Labute approximate surface area is 115 Å². The molecule has 0 amide bonds. The topological polar surface area (TPSA) is 36.3 Å². The molecule has 0 spiro atoms. The van der Waals surface area contributed by atoms with E-state index in [1.807, 2.05) is 26.0 Å². The summed E-state index contributed by atoms with van der Waals surface area (Å²) in [5.74, 6) is 0.992. The standard InChI is InChI=1S/C16H22N2O/c1-12(2)19-15-7-5-14(6-8-15)18-10-9-13(11-17)16(18,3)4/h5-8,12-13H,9-10H2,1-4H3. The smallest absolute Gasteiger partial charge is 0.119 e. The van der Waals surface area contributed by atoms with Crippen molar-refractivity contribution >= 4 is 5.69 Å². The quantitative estimate of drug-likeness (QED) is 0.831. The van der Waals surface area contributed by atoms with E-state index < -0.39 is 0 Å². The van der Waals surface area contributed by atoms with Gasteiger partial charge in [-0.1, -0.05) is 0 Å². The van der Waals surface area contributed by atoms with Gasteiger partial charge in [0.15, 0.2) is 0 Å². The van der Waals surface area contributed by atoms with E-state index in [-0.39, 0.29) is 17.6 Å². The number of benzene rings is 1. The minimum absolute atomic E-state index is 0.0964. The van der Waals surface area contributed by atoms with E-state index in [1.165, 1.54) is 5.69 Å². The van der Waals surface area contributed by atoms with Crippen LogP contribution in [-0.4, -0.2) is 18.2 Å². The molecule has 0 saturated carbocycles. The van der Waals surface area contributed by atoms with Crippen LogP contribution in [0.2, 0.25) is 0 Å². The SMILES string of the molecule is CC(C)Oc1ccc(N2CCC(C#N)C2(C)C)cc1. The van der Waals surface area contributed by atoms with Gasteiger partial charge in [0.05, 0.1) is 23.6 Å². The highest BCUT2D eigenvalue weighted by Gasteiger charge is 2.41. The van der Waals surface area contributed by atoms with Crippen molar-refractivity contribution in [2.24, 2.45) is 5.92 Å². The van der Waals surface area contributed by atoms with Gasteiger partial charge in [0.1, 0.15) is 5.75 Å². The van der Waals surface area contributed by atoms with Gasteiger partial charge in [0.2, 0.25) is 0 Å². The number of hydrogen-bond donors (Lipinski definition) is 0. The van der Waals surface area contributed by atoms with E-state index in [4.69, 9.17) is 4.74 Å². The molecule has 19 heavy (non-hydrogen) atoms. The molecule has 1 atom stereocenters. The fourth-order valence-corrected chi connectivity index (χ4v) is 2.75. The summed E-state index contributed by atoms with van der Waals surface area (Å²) in [6, 6.07) is 10.6.